The summed E-state index contributed by atoms with van der Waals surface area (Å²) in [5.41, 5.74) is 1.90. The number of aromatic nitrogens is 4. The molecule has 1 fully saturated rings. The smallest absolute Gasteiger partial charge is 0.173 e. The minimum absolute atomic E-state index is 0.146. The quantitative estimate of drug-likeness (QED) is 0.625. The van der Waals surface area contributed by atoms with E-state index in [1.54, 1.807) is 7.11 Å². The number of methoxy groups -OCH3 is 1. The molecule has 0 saturated carbocycles. The first-order valence-corrected chi connectivity index (χ1v) is 10.5. The number of rotatable bonds is 5. The minimum atomic E-state index is -0.262. The Morgan fingerprint density at radius 1 is 0.935 bits per heavy atom. The molecule has 0 amide bonds. The maximum Gasteiger partial charge on any atom is 0.173 e. The summed E-state index contributed by atoms with van der Waals surface area (Å²) in [7, 11) is 1.68. The van der Waals surface area contributed by atoms with Crippen molar-refractivity contribution in [2.75, 3.05) is 38.2 Å². The average Bonchev–Trinajstić information content (AvgIpc) is 3.26. The van der Waals surface area contributed by atoms with Crippen LogP contribution in [0.15, 0.2) is 48.5 Å². The zero-order valence-corrected chi connectivity index (χ0v) is 18.5. The van der Waals surface area contributed by atoms with E-state index < -0.39 is 0 Å². The second-order valence-corrected chi connectivity index (χ2v) is 8.79. The highest BCUT2D eigenvalue weighted by molar-refractivity contribution is 5.49. The molecule has 1 aromatic heterocycles. The van der Waals surface area contributed by atoms with Crippen LogP contribution in [-0.2, 0) is 5.54 Å². The molecule has 1 aliphatic heterocycles. The summed E-state index contributed by atoms with van der Waals surface area (Å²) in [6.07, 6.45) is 0. The van der Waals surface area contributed by atoms with E-state index in [4.69, 9.17) is 4.74 Å². The first-order valence-electron chi connectivity index (χ1n) is 10.5. The van der Waals surface area contributed by atoms with Crippen LogP contribution in [-0.4, -0.2) is 58.4 Å². The molecule has 8 heteroatoms. The lowest BCUT2D eigenvalue weighted by atomic mass is 10.0. The molecular formula is C23H29FN6O. The van der Waals surface area contributed by atoms with E-state index in [-0.39, 0.29) is 17.4 Å². The SMILES string of the molecule is COc1ccc(N2CCN([C@H](c3ccc(F)cc3)c3nnnn3C(C)(C)C)CC2)cc1. The zero-order chi connectivity index (χ0) is 22.0. The fourth-order valence-corrected chi connectivity index (χ4v) is 4.04. The largest absolute Gasteiger partial charge is 0.497 e. The van der Waals surface area contributed by atoms with Crippen molar-refractivity contribution in [2.24, 2.45) is 0 Å². The standard InChI is InChI=1S/C23H29FN6O/c1-23(2,3)30-22(25-26-27-30)21(17-5-7-18(24)8-6-17)29-15-13-28(14-16-29)19-9-11-20(31-4)12-10-19/h5-12,21H,13-16H2,1-4H3/t21-/m1/s1. The van der Waals surface area contributed by atoms with Crippen LogP contribution in [0.5, 0.6) is 5.75 Å². The van der Waals surface area contributed by atoms with Crippen LogP contribution in [0.2, 0.25) is 0 Å². The van der Waals surface area contributed by atoms with Gasteiger partial charge >= 0.3 is 0 Å². The Labute approximate surface area is 182 Å². The zero-order valence-electron chi connectivity index (χ0n) is 18.5. The molecule has 0 unspecified atom stereocenters. The monoisotopic (exact) mass is 424 g/mol. The lowest BCUT2D eigenvalue weighted by Gasteiger charge is -2.40. The number of nitrogens with zero attached hydrogens (tertiary/aromatic N) is 6. The second kappa shape index (κ2) is 8.63. The molecular weight excluding hydrogens is 395 g/mol. The Morgan fingerprint density at radius 3 is 2.16 bits per heavy atom. The summed E-state index contributed by atoms with van der Waals surface area (Å²) in [6, 6.07) is 14.7. The van der Waals surface area contributed by atoms with Crippen molar-refractivity contribution in [1.29, 1.82) is 0 Å². The third-order valence-corrected chi connectivity index (χ3v) is 5.68. The van der Waals surface area contributed by atoms with Gasteiger partial charge in [-0.15, -0.1) is 5.10 Å². The van der Waals surface area contributed by atoms with E-state index in [0.717, 1.165) is 43.3 Å². The number of hydrogen-bond acceptors (Lipinski definition) is 6. The fraction of sp³-hybridized carbons (Fsp3) is 0.435. The number of hydrogen-bond donors (Lipinski definition) is 0. The Bertz CT molecular complexity index is 988. The number of ether oxygens (including phenoxy) is 1. The molecule has 0 radical (unpaired) electrons. The van der Waals surface area contributed by atoms with Gasteiger partial charge < -0.3 is 9.64 Å². The molecule has 164 valence electrons. The maximum absolute atomic E-state index is 13.6. The summed E-state index contributed by atoms with van der Waals surface area (Å²) in [5, 5.41) is 12.6. The molecule has 0 spiro atoms. The fourth-order valence-electron chi connectivity index (χ4n) is 4.04. The Morgan fingerprint density at radius 2 is 1.58 bits per heavy atom. The van der Waals surface area contributed by atoms with Gasteiger partial charge in [0.2, 0.25) is 0 Å². The normalized spacial score (nSPS) is 16.4. The van der Waals surface area contributed by atoms with Crippen molar-refractivity contribution < 1.29 is 9.13 Å². The van der Waals surface area contributed by atoms with Crippen molar-refractivity contribution in [1.82, 2.24) is 25.1 Å². The van der Waals surface area contributed by atoms with E-state index in [9.17, 15) is 4.39 Å². The van der Waals surface area contributed by atoms with Crippen LogP contribution in [0, 0.1) is 5.82 Å². The Kier molecular flexibility index (Phi) is 5.91. The molecule has 1 aliphatic rings. The van der Waals surface area contributed by atoms with Crippen molar-refractivity contribution in [2.45, 2.75) is 32.4 Å². The molecule has 2 aromatic carbocycles. The first kappa shape index (κ1) is 21.2. The highest BCUT2D eigenvalue weighted by Crippen LogP contribution is 2.31. The maximum atomic E-state index is 13.6. The lowest BCUT2D eigenvalue weighted by Crippen LogP contribution is -2.48. The second-order valence-electron chi connectivity index (χ2n) is 8.79. The topological polar surface area (TPSA) is 59.3 Å². The van der Waals surface area contributed by atoms with Crippen LogP contribution in [0.3, 0.4) is 0 Å². The number of benzene rings is 2. The molecule has 0 aliphatic carbocycles. The summed E-state index contributed by atoms with van der Waals surface area (Å²) in [5.74, 6) is 1.38. The number of anilines is 1. The van der Waals surface area contributed by atoms with Crippen molar-refractivity contribution in [3.05, 3.63) is 65.7 Å². The minimum Gasteiger partial charge on any atom is -0.497 e. The van der Waals surface area contributed by atoms with E-state index in [0.29, 0.717) is 0 Å². The van der Waals surface area contributed by atoms with Gasteiger partial charge in [0.05, 0.1) is 18.7 Å². The number of tetrazole rings is 1. The molecule has 0 N–H and O–H groups in total. The third kappa shape index (κ3) is 4.54. The van der Waals surface area contributed by atoms with Crippen molar-refractivity contribution >= 4 is 5.69 Å². The highest BCUT2D eigenvalue weighted by Gasteiger charge is 2.33. The lowest BCUT2D eigenvalue weighted by molar-refractivity contribution is 0.191. The van der Waals surface area contributed by atoms with Gasteiger partial charge in [0.15, 0.2) is 5.82 Å². The van der Waals surface area contributed by atoms with Crippen molar-refractivity contribution in [3.63, 3.8) is 0 Å². The van der Waals surface area contributed by atoms with E-state index in [1.165, 1.54) is 17.8 Å². The van der Waals surface area contributed by atoms with Gasteiger partial charge in [0.25, 0.3) is 0 Å². The first-order chi connectivity index (χ1) is 14.9. The van der Waals surface area contributed by atoms with Crippen molar-refractivity contribution in [3.8, 4) is 5.75 Å². The molecule has 4 rings (SSSR count). The van der Waals surface area contributed by atoms with E-state index in [2.05, 4.69) is 58.2 Å². The van der Waals surface area contributed by atoms with Gasteiger partial charge in [-0.1, -0.05) is 12.1 Å². The Hall–Kier alpha value is -3.00. The summed E-state index contributed by atoms with van der Waals surface area (Å²) in [4.78, 5) is 4.74. The molecule has 3 aromatic rings. The molecule has 31 heavy (non-hydrogen) atoms. The summed E-state index contributed by atoms with van der Waals surface area (Å²) >= 11 is 0. The molecule has 1 saturated heterocycles. The predicted molar refractivity (Wildman–Crippen MR) is 118 cm³/mol. The van der Waals surface area contributed by atoms with Crippen LogP contribution < -0.4 is 9.64 Å². The summed E-state index contributed by atoms with van der Waals surface area (Å²) < 4.78 is 20.8. The van der Waals surface area contributed by atoms with Gasteiger partial charge in [0, 0.05) is 31.9 Å². The van der Waals surface area contributed by atoms with E-state index >= 15 is 0 Å². The van der Waals surface area contributed by atoms with Crippen LogP contribution in [0.4, 0.5) is 10.1 Å². The average molecular weight is 425 g/mol. The number of piperazine rings is 1. The molecule has 1 atom stereocenters. The van der Waals surface area contributed by atoms with Gasteiger partial charge in [-0.05, 0) is 73.2 Å². The molecule has 0 bridgehead atoms. The van der Waals surface area contributed by atoms with Gasteiger partial charge in [-0.3, -0.25) is 4.90 Å². The highest BCUT2D eigenvalue weighted by atomic mass is 19.1. The predicted octanol–water partition coefficient (Wildman–Crippen LogP) is 3.49. The summed E-state index contributed by atoms with van der Waals surface area (Å²) in [6.45, 7) is 9.67. The molecule has 7 nitrogen and oxygen atoms in total. The number of halogens is 1. The van der Waals surface area contributed by atoms with Crippen LogP contribution >= 0.6 is 0 Å². The molecule has 2 heterocycles. The van der Waals surface area contributed by atoms with Gasteiger partial charge in [-0.25, -0.2) is 9.07 Å². The van der Waals surface area contributed by atoms with Gasteiger partial charge in [0.1, 0.15) is 11.6 Å². The van der Waals surface area contributed by atoms with Crippen LogP contribution in [0.25, 0.3) is 0 Å². The Balaban J connectivity index is 1.60. The third-order valence-electron chi connectivity index (χ3n) is 5.68. The van der Waals surface area contributed by atoms with Crippen LogP contribution in [0.1, 0.15) is 38.2 Å². The van der Waals surface area contributed by atoms with Gasteiger partial charge in [-0.2, -0.15) is 0 Å². The van der Waals surface area contributed by atoms with E-state index in [1.807, 2.05) is 28.9 Å².